The van der Waals surface area contributed by atoms with Gasteiger partial charge in [0.15, 0.2) is 0 Å². The van der Waals surface area contributed by atoms with Crippen molar-refractivity contribution in [2.24, 2.45) is 5.84 Å². The molecule has 28 heavy (non-hydrogen) atoms. The lowest BCUT2D eigenvalue weighted by Gasteiger charge is -2.04. The maximum absolute atomic E-state index is 11.0. The first-order valence-electron chi connectivity index (χ1n) is 12.8. The summed E-state index contributed by atoms with van der Waals surface area (Å²) in [6.07, 6.45) is 31.2. The number of amides is 1. The fourth-order valence-electron chi connectivity index (χ4n) is 3.97. The summed E-state index contributed by atoms with van der Waals surface area (Å²) in [6, 6.07) is 0. The quantitative estimate of drug-likeness (QED) is 0.0796. The van der Waals surface area contributed by atoms with Crippen LogP contribution in [0.25, 0.3) is 0 Å². The molecule has 0 aromatic carbocycles. The summed E-state index contributed by atoms with van der Waals surface area (Å²) in [7, 11) is 0. The van der Waals surface area contributed by atoms with Gasteiger partial charge in [0.05, 0.1) is 0 Å². The lowest BCUT2D eigenvalue weighted by atomic mass is 10.0. The van der Waals surface area contributed by atoms with Gasteiger partial charge in [0.1, 0.15) is 0 Å². The third-order valence-electron chi connectivity index (χ3n) is 5.92. The second kappa shape index (κ2) is 24.5. The van der Waals surface area contributed by atoms with E-state index in [0.717, 1.165) is 12.8 Å². The molecule has 0 fully saturated rings. The predicted octanol–water partition coefficient (Wildman–Crippen LogP) is 7.97. The van der Waals surface area contributed by atoms with Crippen molar-refractivity contribution in [3.8, 4) is 0 Å². The number of unbranched alkanes of at least 4 members (excludes halogenated alkanes) is 21. The smallest absolute Gasteiger partial charge is 0.233 e. The van der Waals surface area contributed by atoms with Crippen LogP contribution in [-0.4, -0.2) is 5.91 Å². The van der Waals surface area contributed by atoms with Gasteiger partial charge in [-0.1, -0.05) is 142 Å². The Kier molecular flexibility index (Phi) is 24.0. The van der Waals surface area contributed by atoms with Crippen LogP contribution >= 0.6 is 0 Å². The molecular weight excluding hydrogens is 344 g/mol. The summed E-state index contributed by atoms with van der Waals surface area (Å²) in [5, 5.41) is 0. The van der Waals surface area contributed by atoms with Gasteiger partial charge in [-0.2, -0.15) is 0 Å². The van der Waals surface area contributed by atoms with E-state index in [0.29, 0.717) is 6.42 Å². The van der Waals surface area contributed by atoms with Crippen molar-refractivity contribution < 1.29 is 4.79 Å². The number of nitrogens with two attached hydrogens (primary N) is 1. The second-order valence-electron chi connectivity index (χ2n) is 8.74. The van der Waals surface area contributed by atoms with Crippen molar-refractivity contribution in [3.63, 3.8) is 0 Å². The van der Waals surface area contributed by atoms with E-state index in [4.69, 9.17) is 5.84 Å². The first-order chi connectivity index (χ1) is 13.8. The molecule has 3 N–H and O–H groups in total. The number of hydrogen-bond donors (Lipinski definition) is 2. The van der Waals surface area contributed by atoms with Crippen molar-refractivity contribution in [2.75, 3.05) is 0 Å². The van der Waals surface area contributed by atoms with E-state index in [1.807, 2.05) is 0 Å². The number of hydrogen-bond acceptors (Lipinski definition) is 2. The highest BCUT2D eigenvalue weighted by Gasteiger charge is 1.98. The van der Waals surface area contributed by atoms with Crippen LogP contribution in [0.2, 0.25) is 0 Å². The van der Waals surface area contributed by atoms with Gasteiger partial charge in [0.2, 0.25) is 5.91 Å². The first-order valence-corrected chi connectivity index (χ1v) is 12.8. The summed E-state index contributed by atoms with van der Waals surface area (Å²) in [5.74, 6) is 5.03. The Balaban J connectivity index is 3.00. The molecule has 0 aliphatic carbocycles. The van der Waals surface area contributed by atoms with Gasteiger partial charge in [-0.15, -0.1) is 0 Å². The molecule has 0 saturated heterocycles. The zero-order valence-corrected chi connectivity index (χ0v) is 19.2. The largest absolute Gasteiger partial charge is 0.294 e. The Bertz CT molecular complexity index is 307. The molecule has 0 aliphatic rings. The van der Waals surface area contributed by atoms with Gasteiger partial charge in [0.25, 0.3) is 0 Å². The minimum Gasteiger partial charge on any atom is -0.294 e. The molecule has 3 nitrogen and oxygen atoms in total. The normalized spacial score (nSPS) is 11.1. The highest BCUT2D eigenvalue weighted by molar-refractivity contribution is 5.74. The molecule has 0 spiro atoms. The van der Waals surface area contributed by atoms with Crippen LogP contribution in [0.4, 0.5) is 0 Å². The highest BCUT2D eigenvalue weighted by atomic mass is 16.2. The van der Waals surface area contributed by atoms with Gasteiger partial charge in [-0.05, 0) is 6.42 Å². The van der Waals surface area contributed by atoms with E-state index >= 15 is 0 Å². The topological polar surface area (TPSA) is 55.1 Å². The summed E-state index contributed by atoms with van der Waals surface area (Å²) < 4.78 is 0. The van der Waals surface area contributed by atoms with E-state index in [1.54, 1.807) is 0 Å². The van der Waals surface area contributed by atoms with Gasteiger partial charge in [0, 0.05) is 6.42 Å². The molecule has 0 bridgehead atoms. The van der Waals surface area contributed by atoms with Crippen molar-refractivity contribution >= 4 is 5.91 Å². The van der Waals surface area contributed by atoms with Crippen LogP contribution in [0.1, 0.15) is 155 Å². The molecular formula is C25H52N2O. The highest BCUT2D eigenvalue weighted by Crippen LogP contribution is 2.15. The zero-order chi connectivity index (χ0) is 20.5. The number of hydrazine groups is 1. The molecule has 0 aromatic rings. The van der Waals surface area contributed by atoms with Crippen LogP contribution < -0.4 is 11.3 Å². The third-order valence-corrected chi connectivity index (χ3v) is 5.92. The van der Waals surface area contributed by atoms with Crippen molar-refractivity contribution in [1.29, 1.82) is 0 Å². The van der Waals surface area contributed by atoms with Crippen LogP contribution in [0.3, 0.4) is 0 Å². The van der Waals surface area contributed by atoms with Crippen molar-refractivity contribution in [3.05, 3.63) is 0 Å². The number of carbonyl (C=O) groups is 1. The van der Waals surface area contributed by atoms with Crippen LogP contribution in [0, 0.1) is 0 Å². The average Bonchev–Trinajstić information content (AvgIpc) is 2.71. The van der Waals surface area contributed by atoms with E-state index in [-0.39, 0.29) is 5.91 Å². The van der Waals surface area contributed by atoms with Crippen LogP contribution in [-0.2, 0) is 4.79 Å². The van der Waals surface area contributed by atoms with Gasteiger partial charge >= 0.3 is 0 Å². The van der Waals surface area contributed by atoms with Gasteiger partial charge in [-0.25, -0.2) is 5.84 Å². The van der Waals surface area contributed by atoms with Crippen molar-refractivity contribution in [2.45, 2.75) is 155 Å². The maximum Gasteiger partial charge on any atom is 0.233 e. The lowest BCUT2D eigenvalue weighted by molar-refractivity contribution is -0.121. The molecule has 0 radical (unpaired) electrons. The fraction of sp³-hybridized carbons (Fsp3) is 0.960. The molecule has 0 atom stereocenters. The minimum absolute atomic E-state index is 0.0341. The molecule has 0 aliphatic heterocycles. The Hall–Kier alpha value is -0.570. The second-order valence-corrected chi connectivity index (χ2v) is 8.74. The van der Waals surface area contributed by atoms with E-state index in [2.05, 4.69) is 12.3 Å². The monoisotopic (exact) mass is 396 g/mol. The lowest BCUT2D eigenvalue weighted by Crippen LogP contribution is -2.29. The summed E-state index contributed by atoms with van der Waals surface area (Å²) in [4.78, 5) is 11.0. The van der Waals surface area contributed by atoms with E-state index in [1.165, 1.54) is 128 Å². The van der Waals surface area contributed by atoms with Gasteiger partial charge in [-0.3, -0.25) is 10.2 Å². The molecule has 0 saturated carbocycles. The summed E-state index contributed by atoms with van der Waals surface area (Å²) >= 11 is 0. The third kappa shape index (κ3) is 23.5. The molecule has 0 aromatic heterocycles. The predicted molar refractivity (Wildman–Crippen MR) is 124 cm³/mol. The molecule has 1 amide bonds. The maximum atomic E-state index is 11.0. The Labute approximate surface area is 177 Å². The number of nitrogens with one attached hydrogen (secondary N) is 1. The fourth-order valence-corrected chi connectivity index (χ4v) is 3.97. The summed E-state index contributed by atoms with van der Waals surface area (Å²) in [5.41, 5.74) is 2.19. The van der Waals surface area contributed by atoms with Crippen LogP contribution in [0.5, 0.6) is 0 Å². The summed E-state index contributed by atoms with van der Waals surface area (Å²) in [6.45, 7) is 2.29. The Morgan fingerprint density at radius 2 is 0.750 bits per heavy atom. The molecule has 3 heteroatoms. The van der Waals surface area contributed by atoms with Crippen LogP contribution in [0.15, 0.2) is 0 Å². The molecule has 168 valence electrons. The number of rotatable bonds is 23. The SMILES string of the molecule is CCCCCCCCCCCCCCCCCCCCCCCCC(=O)NN. The van der Waals surface area contributed by atoms with E-state index < -0.39 is 0 Å². The Morgan fingerprint density at radius 1 is 0.500 bits per heavy atom. The van der Waals surface area contributed by atoms with Crippen molar-refractivity contribution in [1.82, 2.24) is 5.43 Å². The molecule has 0 unspecified atom stereocenters. The van der Waals surface area contributed by atoms with E-state index in [9.17, 15) is 4.79 Å². The molecule has 0 rings (SSSR count). The first kappa shape index (κ1) is 27.4. The average molecular weight is 397 g/mol. The molecule has 0 heterocycles. The Morgan fingerprint density at radius 3 is 1.00 bits per heavy atom. The van der Waals surface area contributed by atoms with Gasteiger partial charge < -0.3 is 0 Å². The standard InChI is InChI=1S/C25H52N2O/c1-2-3-4-5-6-7-8-9-10-11-12-13-14-15-16-17-18-19-20-21-22-23-24-25(28)27-26/h2-24,26H2,1H3,(H,27,28). The zero-order valence-electron chi connectivity index (χ0n) is 19.2. The number of carbonyl (C=O) groups excluding carboxylic acids is 1. The minimum atomic E-state index is -0.0341.